The van der Waals surface area contributed by atoms with Crippen LogP contribution in [0.25, 0.3) is 0 Å². The Balaban J connectivity index is 1.46. The van der Waals surface area contributed by atoms with E-state index in [0.29, 0.717) is 30.1 Å². The molecule has 0 spiro atoms. The van der Waals surface area contributed by atoms with Crippen LogP contribution >= 0.6 is 0 Å². The smallest absolute Gasteiger partial charge is 0.246 e. The lowest BCUT2D eigenvalue weighted by molar-refractivity contribution is -0.135. The Bertz CT molecular complexity index is 1010. The summed E-state index contributed by atoms with van der Waals surface area (Å²) >= 11 is 0. The number of hydrogen-bond donors (Lipinski definition) is 1. The van der Waals surface area contributed by atoms with Crippen molar-refractivity contribution < 1.29 is 18.4 Å². The van der Waals surface area contributed by atoms with Crippen LogP contribution in [0.3, 0.4) is 0 Å². The van der Waals surface area contributed by atoms with Gasteiger partial charge in [-0.1, -0.05) is 18.2 Å². The molecule has 164 valence electrons. The number of nitrogens with two attached hydrogens (primary N) is 1. The highest BCUT2D eigenvalue weighted by Crippen LogP contribution is 2.34. The predicted molar refractivity (Wildman–Crippen MR) is 114 cm³/mol. The van der Waals surface area contributed by atoms with Gasteiger partial charge in [0.15, 0.2) is 11.6 Å². The number of hydrogen-bond acceptors (Lipinski definition) is 3. The lowest BCUT2D eigenvalue weighted by Crippen LogP contribution is -2.42. The number of rotatable bonds is 6. The molecule has 7 heteroatoms. The van der Waals surface area contributed by atoms with Gasteiger partial charge in [0.25, 0.3) is 0 Å². The minimum Gasteiger partial charge on any atom is -0.329 e. The number of anilines is 1. The number of benzene rings is 2. The van der Waals surface area contributed by atoms with E-state index < -0.39 is 17.7 Å². The van der Waals surface area contributed by atoms with E-state index in [0.717, 1.165) is 36.2 Å². The molecule has 4 rings (SSSR count). The van der Waals surface area contributed by atoms with Crippen LogP contribution in [-0.4, -0.2) is 35.8 Å². The van der Waals surface area contributed by atoms with Gasteiger partial charge in [-0.3, -0.25) is 9.59 Å². The van der Waals surface area contributed by atoms with E-state index in [-0.39, 0.29) is 31.2 Å². The van der Waals surface area contributed by atoms with Crippen LogP contribution in [0, 0.1) is 24.5 Å². The molecule has 2 amide bonds. The van der Waals surface area contributed by atoms with Crippen molar-refractivity contribution in [2.24, 2.45) is 11.7 Å². The van der Waals surface area contributed by atoms with Crippen LogP contribution in [0.15, 0.2) is 36.4 Å². The molecule has 1 heterocycles. The highest BCUT2D eigenvalue weighted by molar-refractivity contribution is 5.98. The Morgan fingerprint density at radius 3 is 2.61 bits per heavy atom. The van der Waals surface area contributed by atoms with Gasteiger partial charge in [-0.25, -0.2) is 8.78 Å². The summed E-state index contributed by atoms with van der Waals surface area (Å²) in [6.45, 7) is 2.73. The van der Waals surface area contributed by atoms with Crippen LogP contribution in [0.2, 0.25) is 0 Å². The third-order valence-corrected chi connectivity index (χ3v) is 6.06. The minimum atomic E-state index is -0.926. The Kier molecular flexibility index (Phi) is 6.05. The summed E-state index contributed by atoms with van der Waals surface area (Å²) in [6, 6.07) is 9.40. The molecule has 0 saturated heterocycles. The number of carbonyl (C=O) groups is 2. The van der Waals surface area contributed by atoms with Crippen molar-refractivity contribution >= 4 is 17.5 Å². The molecular formula is C24H27F2N3O2. The second kappa shape index (κ2) is 8.75. The highest BCUT2D eigenvalue weighted by atomic mass is 19.2. The van der Waals surface area contributed by atoms with Gasteiger partial charge >= 0.3 is 0 Å². The Morgan fingerprint density at radius 1 is 1.16 bits per heavy atom. The number of para-hydroxylation sites is 1. The normalized spacial score (nSPS) is 17.4. The lowest BCUT2D eigenvalue weighted by Gasteiger charge is -2.23. The second-order valence-corrected chi connectivity index (χ2v) is 8.69. The Morgan fingerprint density at radius 2 is 1.87 bits per heavy atom. The van der Waals surface area contributed by atoms with Gasteiger partial charge in [-0.05, 0) is 67.0 Å². The molecule has 1 atom stereocenters. The predicted octanol–water partition coefficient (Wildman–Crippen LogP) is 3.32. The monoisotopic (exact) mass is 427 g/mol. The van der Waals surface area contributed by atoms with Gasteiger partial charge in [-0.15, -0.1) is 0 Å². The maximum atomic E-state index is 13.6. The number of nitrogens with zero attached hydrogens (tertiary/aromatic N) is 2. The van der Waals surface area contributed by atoms with E-state index in [1.165, 1.54) is 0 Å². The molecule has 2 aromatic rings. The van der Waals surface area contributed by atoms with E-state index in [9.17, 15) is 18.4 Å². The molecule has 1 aliphatic carbocycles. The summed E-state index contributed by atoms with van der Waals surface area (Å²) in [7, 11) is 0. The average molecular weight is 427 g/mol. The maximum Gasteiger partial charge on any atom is 0.246 e. The molecule has 5 nitrogen and oxygen atoms in total. The van der Waals surface area contributed by atoms with Crippen molar-refractivity contribution in [2.45, 2.75) is 45.2 Å². The van der Waals surface area contributed by atoms with Gasteiger partial charge in [-0.2, -0.15) is 0 Å². The quantitative estimate of drug-likeness (QED) is 0.769. The van der Waals surface area contributed by atoms with E-state index in [1.54, 1.807) is 11.8 Å². The topological polar surface area (TPSA) is 66.6 Å². The molecule has 1 fully saturated rings. The van der Waals surface area contributed by atoms with Gasteiger partial charge in [0, 0.05) is 31.2 Å². The third-order valence-electron chi connectivity index (χ3n) is 6.06. The summed E-state index contributed by atoms with van der Waals surface area (Å²) in [4.78, 5) is 29.3. The van der Waals surface area contributed by atoms with E-state index >= 15 is 0 Å². The fourth-order valence-electron chi connectivity index (χ4n) is 4.10. The van der Waals surface area contributed by atoms with Crippen LogP contribution in [-0.2, 0) is 22.6 Å². The Labute approximate surface area is 180 Å². The largest absolute Gasteiger partial charge is 0.329 e. The molecule has 0 bridgehead atoms. The molecule has 31 heavy (non-hydrogen) atoms. The van der Waals surface area contributed by atoms with Crippen molar-refractivity contribution in [3.05, 3.63) is 64.7 Å². The van der Waals surface area contributed by atoms with Crippen LogP contribution in [0.5, 0.6) is 0 Å². The van der Waals surface area contributed by atoms with Crippen LogP contribution in [0.4, 0.5) is 14.5 Å². The van der Waals surface area contributed by atoms with E-state index in [2.05, 4.69) is 0 Å². The zero-order chi connectivity index (χ0) is 22.1. The molecule has 2 aliphatic rings. The van der Waals surface area contributed by atoms with Gasteiger partial charge < -0.3 is 15.5 Å². The van der Waals surface area contributed by atoms with Crippen molar-refractivity contribution in [3.8, 4) is 0 Å². The van der Waals surface area contributed by atoms with Crippen LogP contribution < -0.4 is 10.6 Å². The summed E-state index contributed by atoms with van der Waals surface area (Å²) in [6.07, 6.45) is 2.54. The SMILES string of the molecule is Cc1cc(F)c(F)cc1C[C@@H](N)CC(=O)N1CC(=O)N(CC2CC2)c2ccccc2C1. The number of carbonyl (C=O) groups excluding carboxylic acids is 2. The number of halogens is 2. The standard InChI is InChI=1S/C24H27F2N3O2/c1-15-8-20(25)21(26)10-18(15)9-19(27)11-23(30)28-13-17-4-2-3-5-22(17)29(24(31)14-28)12-16-6-7-16/h2-5,8,10,16,19H,6-7,9,11-14,27H2,1H3/t19-/m1/s1. The summed E-state index contributed by atoms with van der Waals surface area (Å²) in [5.41, 5.74) is 9.16. The zero-order valence-corrected chi connectivity index (χ0v) is 17.6. The summed E-state index contributed by atoms with van der Waals surface area (Å²) < 4.78 is 26.9. The van der Waals surface area contributed by atoms with Crippen molar-refractivity contribution in [2.75, 3.05) is 18.0 Å². The average Bonchev–Trinajstić information content (AvgIpc) is 3.55. The molecule has 0 unspecified atom stereocenters. The second-order valence-electron chi connectivity index (χ2n) is 8.69. The van der Waals surface area contributed by atoms with E-state index in [1.807, 2.05) is 29.2 Å². The first kappa shape index (κ1) is 21.4. The summed E-state index contributed by atoms with van der Waals surface area (Å²) in [5.74, 6) is -1.60. The molecule has 0 aromatic heterocycles. The number of aryl methyl sites for hydroxylation is 1. The molecule has 2 aromatic carbocycles. The number of fused-ring (bicyclic) bond motifs is 1. The zero-order valence-electron chi connectivity index (χ0n) is 17.6. The third kappa shape index (κ3) is 4.93. The first-order valence-electron chi connectivity index (χ1n) is 10.7. The van der Waals surface area contributed by atoms with E-state index in [4.69, 9.17) is 5.73 Å². The van der Waals surface area contributed by atoms with Crippen LogP contribution in [0.1, 0.15) is 36.0 Å². The summed E-state index contributed by atoms with van der Waals surface area (Å²) in [5, 5.41) is 0. The molecule has 1 saturated carbocycles. The lowest BCUT2D eigenvalue weighted by atomic mass is 9.99. The fraction of sp³-hybridized carbons (Fsp3) is 0.417. The van der Waals surface area contributed by atoms with Crippen molar-refractivity contribution in [1.82, 2.24) is 4.90 Å². The van der Waals surface area contributed by atoms with Gasteiger partial charge in [0.05, 0.1) is 0 Å². The molecule has 1 aliphatic heterocycles. The van der Waals surface area contributed by atoms with Crippen molar-refractivity contribution in [1.29, 1.82) is 0 Å². The molecule has 0 radical (unpaired) electrons. The Hall–Kier alpha value is -2.80. The first-order valence-corrected chi connectivity index (χ1v) is 10.7. The first-order chi connectivity index (χ1) is 14.8. The van der Waals surface area contributed by atoms with Gasteiger partial charge in [0.1, 0.15) is 6.54 Å². The van der Waals surface area contributed by atoms with Crippen molar-refractivity contribution in [3.63, 3.8) is 0 Å². The molecular weight excluding hydrogens is 400 g/mol. The number of amides is 2. The maximum absolute atomic E-state index is 13.6. The minimum absolute atomic E-state index is 0.0111. The highest BCUT2D eigenvalue weighted by Gasteiger charge is 2.33. The fourth-order valence-corrected chi connectivity index (χ4v) is 4.10. The molecule has 2 N–H and O–H groups in total. The van der Waals surface area contributed by atoms with Gasteiger partial charge in [0.2, 0.25) is 11.8 Å².